The molecule has 0 saturated carbocycles. The summed E-state index contributed by atoms with van der Waals surface area (Å²) < 4.78 is 0. The van der Waals surface area contributed by atoms with E-state index in [9.17, 15) is 4.79 Å². The van der Waals surface area contributed by atoms with Crippen LogP contribution in [0.1, 0.15) is 26.2 Å². The van der Waals surface area contributed by atoms with Crippen molar-refractivity contribution in [3.8, 4) is 0 Å². The van der Waals surface area contributed by atoms with E-state index in [-0.39, 0.29) is 5.91 Å². The van der Waals surface area contributed by atoms with Crippen LogP contribution < -0.4 is 10.6 Å². The van der Waals surface area contributed by atoms with Crippen LogP contribution in [0.15, 0.2) is 18.2 Å². The number of rotatable bonds is 2. The molecule has 1 amide bonds. The number of hydrogen-bond acceptors (Lipinski definition) is 2. The predicted molar refractivity (Wildman–Crippen MR) is 75.4 cm³/mol. The fraction of sp³-hybridized carbons (Fsp3) is 0.462. The summed E-state index contributed by atoms with van der Waals surface area (Å²) in [7, 11) is 0. The van der Waals surface area contributed by atoms with Crippen molar-refractivity contribution in [1.29, 1.82) is 0 Å². The number of carbonyl (C=O) groups excluding carboxylic acids is 1. The fourth-order valence-electron chi connectivity index (χ4n) is 2.15. The molecule has 98 valence electrons. The van der Waals surface area contributed by atoms with Gasteiger partial charge in [0.05, 0.1) is 5.54 Å². The van der Waals surface area contributed by atoms with Crippen molar-refractivity contribution in [2.24, 2.45) is 0 Å². The van der Waals surface area contributed by atoms with Crippen LogP contribution in [0.4, 0.5) is 5.69 Å². The van der Waals surface area contributed by atoms with Gasteiger partial charge in [-0.2, -0.15) is 0 Å². The van der Waals surface area contributed by atoms with Crippen LogP contribution in [0.25, 0.3) is 0 Å². The highest BCUT2D eigenvalue weighted by Crippen LogP contribution is 2.25. The van der Waals surface area contributed by atoms with Gasteiger partial charge >= 0.3 is 0 Å². The van der Waals surface area contributed by atoms with Crippen molar-refractivity contribution in [2.75, 3.05) is 11.9 Å². The zero-order chi connectivity index (χ0) is 13.2. The molecule has 1 aromatic carbocycles. The minimum Gasteiger partial charge on any atom is -0.324 e. The molecule has 2 rings (SSSR count). The molecule has 1 aliphatic rings. The van der Waals surface area contributed by atoms with E-state index in [0.717, 1.165) is 25.8 Å². The van der Waals surface area contributed by atoms with E-state index in [1.54, 1.807) is 18.2 Å². The van der Waals surface area contributed by atoms with E-state index in [1.165, 1.54) is 0 Å². The molecule has 0 aliphatic carbocycles. The molecule has 2 N–H and O–H groups in total. The SMILES string of the molecule is CC1(C(=O)Nc2cc(Cl)cc(Cl)c2)CCCCN1. The number of nitrogens with one attached hydrogen (secondary N) is 2. The van der Waals surface area contributed by atoms with Gasteiger partial charge in [0.1, 0.15) is 0 Å². The monoisotopic (exact) mass is 286 g/mol. The second-order valence-corrected chi connectivity index (χ2v) is 5.70. The van der Waals surface area contributed by atoms with Crippen LogP contribution in [0.3, 0.4) is 0 Å². The minimum atomic E-state index is -0.507. The topological polar surface area (TPSA) is 41.1 Å². The Labute approximate surface area is 117 Å². The second-order valence-electron chi connectivity index (χ2n) is 4.83. The third-order valence-corrected chi connectivity index (χ3v) is 3.68. The van der Waals surface area contributed by atoms with Crippen LogP contribution in [-0.2, 0) is 4.79 Å². The largest absolute Gasteiger partial charge is 0.324 e. The molecule has 1 aromatic rings. The lowest BCUT2D eigenvalue weighted by Gasteiger charge is -2.33. The minimum absolute atomic E-state index is 0.0412. The van der Waals surface area contributed by atoms with Crippen molar-refractivity contribution in [3.63, 3.8) is 0 Å². The molecular formula is C13H16Cl2N2O. The highest BCUT2D eigenvalue weighted by atomic mass is 35.5. The highest BCUT2D eigenvalue weighted by molar-refractivity contribution is 6.35. The number of benzene rings is 1. The Hall–Kier alpha value is -0.770. The van der Waals surface area contributed by atoms with Gasteiger partial charge in [-0.25, -0.2) is 0 Å². The van der Waals surface area contributed by atoms with E-state index in [1.807, 2.05) is 6.92 Å². The molecule has 1 heterocycles. The Morgan fingerprint density at radius 2 is 1.94 bits per heavy atom. The number of carbonyl (C=O) groups is 1. The summed E-state index contributed by atoms with van der Waals surface area (Å²) >= 11 is 11.8. The first-order chi connectivity index (χ1) is 8.49. The summed E-state index contributed by atoms with van der Waals surface area (Å²) in [6, 6.07) is 5.02. The Balaban J connectivity index is 2.10. The normalized spacial score (nSPS) is 23.7. The van der Waals surface area contributed by atoms with Gasteiger partial charge in [-0.05, 0) is 50.9 Å². The van der Waals surface area contributed by atoms with Crippen LogP contribution >= 0.6 is 23.2 Å². The van der Waals surface area contributed by atoms with Crippen LogP contribution in [0.2, 0.25) is 10.0 Å². The summed E-state index contributed by atoms with van der Waals surface area (Å²) in [6.45, 7) is 2.80. The Morgan fingerprint density at radius 1 is 1.28 bits per heavy atom. The lowest BCUT2D eigenvalue weighted by Crippen LogP contribution is -2.54. The first-order valence-electron chi connectivity index (χ1n) is 6.02. The van der Waals surface area contributed by atoms with Crippen molar-refractivity contribution in [2.45, 2.75) is 31.7 Å². The maximum Gasteiger partial charge on any atom is 0.244 e. The molecule has 0 bridgehead atoms. The third-order valence-electron chi connectivity index (χ3n) is 3.24. The van der Waals surface area contributed by atoms with Gasteiger partial charge in [-0.1, -0.05) is 23.2 Å². The van der Waals surface area contributed by atoms with Gasteiger partial charge in [0, 0.05) is 15.7 Å². The van der Waals surface area contributed by atoms with Crippen molar-refractivity contribution >= 4 is 34.8 Å². The molecule has 1 unspecified atom stereocenters. The van der Waals surface area contributed by atoms with Crippen molar-refractivity contribution < 1.29 is 4.79 Å². The first kappa shape index (κ1) is 13.7. The van der Waals surface area contributed by atoms with E-state index in [4.69, 9.17) is 23.2 Å². The highest BCUT2D eigenvalue weighted by Gasteiger charge is 2.34. The van der Waals surface area contributed by atoms with Gasteiger partial charge in [0.25, 0.3) is 0 Å². The number of hydrogen-bond donors (Lipinski definition) is 2. The number of piperidine rings is 1. The quantitative estimate of drug-likeness (QED) is 0.874. The molecule has 1 saturated heterocycles. The van der Waals surface area contributed by atoms with Crippen LogP contribution in [0.5, 0.6) is 0 Å². The molecule has 3 nitrogen and oxygen atoms in total. The lowest BCUT2D eigenvalue weighted by atomic mass is 9.90. The predicted octanol–water partition coefficient (Wildman–Crippen LogP) is 3.46. The van der Waals surface area contributed by atoms with Crippen molar-refractivity contribution in [1.82, 2.24) is 5.32 Å². The Bertz CT molecular complexity index is 436. The number of amides is 1. The van der Waals surface area contributed by atoms with Crippen LogP contribution in [0, 0.1) is 0 Å². The first-order valence-corrected chi connectivity index (χ1v) is 6.78. The summed E-state index contributed by atoms with van der Waals surface area (Å²) in [4.78, 5) is 12.3. The van der Waals surface area contributed by atoms with Crippen molar-refractivity contribution in [3.05, 3.63) is 28.2 Å². The summed E-state index contributed by atoms with van der Waals surface area (Å²) in [5, 5.41) is 7.16. The van der Waals surface area contributed by atoms with E-state index in [2.05, 4.69) is 10.6 Å². The smallest absolute Gasteiger partial charge is 0.244 e. The molecule has 5 heteroatoms. The maximum atomic E-state index is 12.3. The molecule has 1 fully saturated rings. The van der Waals surface area contributed by atoms with Gasteiger partial charge in [0.2, 0.25) is 5.91 Å². The second kappa shape index (κ2) is 5.47. The molecule has 0 spiro atoms. The zero-order valence-corrected chi connectivity index (χ0v) is 11.7. The molecule has 18 heavy (non-hydrogen) atoms. The maximum absolute atomic E-state index is 12.3. The van der Waals surface area contributed by atoms with E-state index < -0.39 is 5.54 Å². The third kappa shape index (κ3) is 3.16. The van der Waals surface area contributed by atoms with Gasteiger partial charge in [-0.15, -0.1) is 0 Å². The summed E-state index contributed by atoms with van der Waals surface area (Å²) in [5.41, 5.74) is 0.124. The average molecular weight is 287 g/mol. The molecule has 0 radical (unpaired) electrons. The molecule has 1 atom stereocenters. The lowest BCUT2D eigenvalue weighted by molar-refractivity contribution is -0.122. The molecule has 1 aliphatic heterocycles. The fourth-order valence-corrected chi connectivity index (χ4v) is 2.67. The van der Waals surface area contributed by atoms with Gasteiger partial charge < -0.3 is 10.6 Å². The van der Waals surface area contributed by atoms with Gasteiger partial charge in [-0.3, -0.25) is 4.79 Å². The molecular weight excluding hydrogens is 271 g/mol. The van der Waals surface area contributed by atoms with Gasteiger partial charge in [0.15, 0.2) is 0 Å². The van der Waals surface area contributed by atoms with E-state index in [0.29, 0.717) is 15.7 Å². The summed E-state index contributed by atoms with van der Waals surface area (Å²) in [5.74, 6) is -0.0412. The van der Waals surface area contributed by atoms with E-state index >= 15 is 0 Å². The standard InChI is InChI=1S/C13H16Cl2N2O/c1-13(4-2-3-5-16-13)12(18)17-11-7-9(14)6-10(15)8-11/h6-8,16H,2-5H2,1H3,(H,17,18). The average Bonchev–Trinajstić information content (AvgIpc) is 2.28. The Morgan fingerprint density at radius 3 is 2.50 bits per heavy atom. The molecule has 0 aromatic heterocycles. The summed E-state index contributed by atoms with van der Waals surface area (Å²) in [6.07, 6.45) is 3.02. The zero-order valence-electron chi connectivity index (χ0n) is 10.2. The number of halogens is 2. The van der Waals surface area contributed by atoms with Crippen LogP contribution in [-0.4, -0.2) is 18.0 Å². The Kier molecular flexibility index (Phi) is 4.15. The number of anilines is 1.